The summed E-state index contributed by atoms with van der Waals surface area (Å²) in [7, 11) is 0. The highest BCUT2D eigenvalue weighted by molar-refractivity contribution is 5.95. The van der Waals surface area contributed by atoms with E-state index in [0.717, 1.165) is 19.5 Å². The molecule has 0 saturated carbocycles. The Kier molecular flexibility index (Phi) is 7.00. The molecule has 1 aromatic carbocycles. The molecule has 1 amide bonds. The van der Waals surface area contributed by atoms with Crippen molar-refractivity contribution in [3.05, 3.63) is 53.3 Å². The summed E-state index contributed by atoms with van der Waals surface area (Å²) in [5, 5.41) is 6.94. The third kappa shape index (κ3) is 5.63. The van der Waals surface area contributed by atoms with Gasteiger partial charge in [0, 0.05) is 31.9 Å². The number of carbonyl (C=O) groups excluding carboxylic acids is 1. The molecule has 1 fully saturated rings. The number of nitrogens with one attached hydrogen (secondary N) is 1. The van der Waals surface area contributed by atoms with Crippen LogP contribution in [0.1, 0.15) is 55.2 Å². The summed E-state index contributed by atoms with van der Waals surface area (Å²) >= 11 is 0. The van der Waals surface area contributed by atoms with Gasteiger partial charge in [-0.3, -0.25) is 14.4 Å². The van der Waals surface area contributed by atoms with Crippen LogP contribution in [0.5, 0.6) is 0 Å². The van der Waals surface area contributed by atoms with Gasteiger partial charge < -0.3 is 5.32 Å². The normalized spacial score (nSPS) is 20.4. The summed E-state index contributed by atoms with van der Waals surface area (Å²) < 4.78 is 28.3. The molecule has 2 aromatic rings. The number of piperidine rings is 1. The quantitative estimate of drug-likeness (QED) is 0.755. The molecule has 1 N–H and O–H groups in total. The summed E-state index contributed by atoms with van der Waals surface area (Å²) in [5.41, 5.74) is 0.767. The van der Waals surface area contributed by atoms with Crippen LogP contribution in [0.3, 0.4) is 0 Å². The van der Waals surface area contributed by atoms with Crippen LogP contribution in [0.25, 0.3) is 0 Å². The third-order valence-corrected chi connectivity index (χ3v) is 5.40. The molecule has 2 unspecified atom stereocenters. The molecule has 0 radical (unpaired) electrons. The number of aromatic nitrogens is 2. The highest BCUT2D eigenvalue weighted by Crippen LogP contribution is 2.24. The summed E-state index contributed by atoms with van der Waals surface area (Å²) in [6.45, 7) is 9.03. The first kappa shape index (κ1) is 21.4. The standard InChI is InChI=1S/C22H30F2N4O/c1-15(2)11-28-13-18(20(26-28)21(23)24)22(29)25-19-14-27(10-9-16(19)3)12-17-7-5-4-6-8-17/h4-8,13,15-16,19,21H,9-12,14H2,1-3H3,(H,25,29). The molecule has 7 heteroatoms. The van der Waals surface area contributed by atoms with Crippen molar-refractivity contribution < 1.29 is 13.6 Å². The van der Waals surface area contributed by atoms with Crippen LogP contribution in [-0.4, -0.2) is 39.7 Å². The highest BCUT2D eigenvalue weighted by atomic mass is 19.3. The highest BCUT2D eigenvalue weighted by Gasteiger charge is 2.30. The molecule has 2 heterocycles. The fourth-order valence-electron chi connectivity index (χ4n) is 3.80. The largest absolute Gasteiger partial charge is 0.348 e. The number of nitrogens with zero attached hydrogens (tertiary/aromatic N) is 3. The van der Waals surface area contributed by atoms with E-state index in [4.69, 9.17) is 0 Å². The van der Waals surface area contributed by atoms with E-state index in [1.807, 2.05) is 32.0 Å². The number of carbonyl (C=O) groups is 1. The van der Waals surface area contributed by atoms with E-state index in [1.165, 1.54) is 16.4 Å². The van der Waals surface area contributed by atoms with Gasteiger partial charge in [0.15, 0.2) is 0 Å². The zero-order valence-electron chi connectivity index (χ0n) is 17.3. The van der Waals surface area contributed by atoms with Gasteiger partial charge in [0.05, 0.1) is 5.56 Å². The van der Waals surface area contributed by atoms with E-state index in [-0.39, 0.29) is 23.4 Å². The van der Waals surface area contributed by atoms with E-state index >= 15 is 0 Å². The second kappa shape index (κ2) is 9.48. The number of hydrogen-bond donors (Lipinski definition) is 1. The topological polar surface area (TPSA) is 50.2 Å². The molecule has 0 spiro atoms. The summed E-state index contributed by atoms with van der Waals surface area (Å²) in [4.78, 5) is 15.1. The van der Waals surface area contributed by atoms with Crippen molar-refractivity contribution in [2.75, 3.05) is 13.1 Å². The van der Waals surface area contributed by atoms with Gasteiger partial charge in [-0.25, -0.2) is 8.78 Å². The Hall–Kier alpha value is -2.28. The first-order valence-electron chi connectivity index (χ1n) is 10.3. The second-order valence-corrected chi connectivity index (χ2v) is 8.41. The minimum atomic E-state index is -2.78. The summed E-state index contributed by atoms with van der Waals surface area (Å²) in [5.74, 6) is 0.0710. The van der Waals surface area contributed by atoms with Gasteiger partial charge in [-0.05, 0) is 30.4 Å². The van der Waals surface area contributed by atoms with Crippen molar-refractivity contribution in [3.8, 4) is 0 Å². The average molecular weight is 405 g/mol. The molecule has 1 aliphatic rings. The van der Waals surface area contributed by atoms with Gasteiger partial charge in [-0.1, -0.05) is 51.1 Å². The Morgan fingerprint density at radius 3 is 2.66 bits per heavy atom. The lowest BCUT2D eigenvalue weighted by molar-refractivity contribution is 0.0842. The smallest absolute Gasteiger partial charge is 0.282 e. The van der Waals surface area contributed by atoms with Gasteiger partial charge in [0.25, 0.3) is 12.3 Å². The Bertz CT molecular complexity index is 806. The van der Waals surface area contributed by atoms with Crippen LogP contribution in [0.15, 0.2) is 36.5 Å². The van der Waals surface area contributed by atoms with Crippen molar-refractivity contribution in [1.82, 2.24) is 20.0 Å². The molecule has 3 rings (SSSR count). The Morgan fingerprint density at radius 2 is 2.00 bits per heavy atom. The van der Waals surface area contributed by atoms with E-state index in [1.54, 1.807) is 0 Å². The third-order valence-electron chi connectivity index (χ3n) is 5.40. The lowest BCUT2D eigenvalue weighted by Gasteiger charge is -2.37. The maximum absolute atomic E-state index is 13.4. The Labute approximate surface area is 171 Å². The van der Waals surface area contributed by atoms with Crippen LogP contribution in [0, 0.1) is 11.8 Å². The monoisotopic (exact) mass is 404 g/mol. The van der Waals surface area contributed by atoms with E-state index in [2.05, 4.69) is 34.4 Å². The number of benzene rings is 1. The number of likely N-dealkylation sites (tertiary alicyclic amines) is 1. The van der Waals surface area contributed by atoms with Gasteiger partial charge in [0.2, 0.25) is 0 Å². The summed E-state index contributed by atoms with van der Waals surface area (Å²) in [6, 6.07) is 10.1. The Morgan fingerprint density at radius 1 is 1.28 bits per heavy atom. The number of halogens is 2. The van der Waals surface area contributed by atoms with Crippen molar-refractivity contribution in [1.29, 1.82) is 0 Å². The maximum atomic E-state index is 13.4. The zero-order chi connectivity index (χ0) is 21.0. The average Bonchev–Trinajstić information content (AvgIpc) is 3.09. The van der Waals surface area contributed by atoms with E-state index in [9.17, 15) is 13.6 Å². The SMILES string of the molecule is CC(C)Cn1cc(C(=O)NC2CN(Cc3ccccc3)CCC2C)c(C(F)F)n1. The predicted octanol–water partition coefficient (Wildman–Crippen LogP) is 4.12. The number of rotatable bonds is 7. The number of alkyl halides is 2. The van der Waals surface area contributed by atoms with Crippen LogP contribution in [0.4, 0.5) is 8.78 Å². The van der Waals surface area contributed by atoms with Crippen molar-refractivity contribution >= 4 is 5.91 Å². The molecule has 1 aromatic heterocycles. The molecule has 1 aliphatic heterocycles. The van der Waals surface area contributed by atoms with Gasteiger partial charge >= 0.3 is 0 Å². The van der Waals surface area contributed by atoms with Crippen molar-refractivity contribution in [3.63, 3.8) is 0 Å². The van der Waals surface area contributed by atoms with Crippen LogP contribution in [0.2, 0.25) is 0 Å². The minimum Gasteiger partial charge on any atom is -0.348 e. The predicted molar refractivity (Wildman–Crippen MR) is 109 cm³/mol. The fraction of sp³-hybridized carbons (Fsp3) is 0.545. The molecule has 0 bridgehead atoms. The van der Waals surface area contributed by atoms with Crippen LogP contribution in [-0.2, 0) is 13.1 Å². The molecule has 5 nitrogen and oxygen atoms in total. The van der Waals surface area contributed by atoms with Gasteiger partial charge in [0.1, 0.15) is 5.69 Å². The van der Waals surface area contributed by atoms with Crippen molar-refractivity contribution in [2.24, 2.45) is 11.8 Å². The lowest BCUT2D eigenvalue weighted by Crippen LogP contribution is -2.51. The van der Waals surface area contributed by atoms with Gasteiger partial charge in [-0.15, -0.1) is 0 Å². The van der Waals surface area contributed by atoms with Gasteiger partial charge in [-0.2, -0.15) is 5.10 Å². The van der Waals surface area contributed by atoms with Crippen LogP contribution >= 0.6 is 0 Å². The fourth-order valence-corrected chi connectivity index (χ4v) is 3.80. The first-order chi connectivity index (χ1) is 13.8. The molecule has 2 atom stereocenters. The molecule has 1 saturated heterocycles. The van der Waals surface area contributed by atoms with E-state index in [0.29, 0.717) is 13.1 Å². The molecule has 0 aliphatic carbocycles. The minimum absolute atomic E-state index is 0.0203. The number of hydrogen-bond acceptors (Lipinski definition) is 3. The Balaban J connectivity index is 1.69. The van der Waals surface area contributed by atoms with E-state index < -0.39 is 18.0 Å². The van der Waals surface area contributed by atoms with Crippen molar-refractivity contribution in [2.45, 2.75) is 52.7 Å². The first-order valence-corrected chi connectivity index (χ1v) is 10.3. The molecular formula is C22H30F2N4O. The lowest BCUT2D eigenvalue weighted by atomic mass is 9.92. The molecule has 29 heavy (non-hydrogen) atoms. The number of amides is 1. The summed E-state index contributed by atoms with van der Waals surface area (Å²) in [6.07, 6.45) is -0.374. The zero-order valence-corrected chi connectivity index (χ0v) is 17.3. The maximum Gasteiger partial charge on any atom is 0.282 e. The van der Waals surface area contributed by atoms with Crippen LogP contribution < -0.4 is 5.32 Å². The molecule has 158 valence electrons. The second-order valence-electron chi connectivity index (χ2n) is 8.41. The molecular weight excluding hydrogens is 374 g/mol.